The van der Waals surface area contributed by atoms with E-state index < -0.39 is 5.25 Å². The summed E-state index contributed by atoms with van der Waals surface area (Å²) < 4.78 is 7.17. The summed E-state index contributed by atoms with van der Waals surface area (Å²) in [7, 11) is 0. The van der Waals surface area contributed by atoms with Gasteiger partial charge in [-0.15, -0.1) is 10.2 Å². The average molecular weight is 475 g/mol. The van der Waals surface area contributed by atoms with Gasteiger partial charge in [-0.2, -0.15) is 0 Å². The van der Waals surface area contributed by atoms with Crippen LogP contribution in [0.3, 0.4) is 0 Å². The third-order valence-electron chi connectivity index (χ3n) is 5.72. The Labute approximate surface area is 202 Å². The van der Waals surface area contributed by atoms with Gasteiger partial charge in [0.15, 0.2) is 16.8 Å². The first kappa shape index (κ1) is 22.4. The number of benzene rings is 2. The molecule has 0 spiro atoms. The van der Waals surface area contributed by atoms with E-state index in [0.717, 1.165) is 36.7 Å². The van der Waals surface area contributed by atoms with Crippen molar-refractivity contribution in [3.8, 4) is 5.69 Å². The number of likely N-dealkylation sites (tertiary alicyclic amines) is 1. The molecule has 2 aromatic carbocycles. The number of hydrogen-bond acceptors (Lipinski definition) is 7. The van der Waals surface area contributed by atoms with Crippen LogP contribution in [-0.2, 0) is 11.3 Å². The summed E-state index contributed by atoms with van der Waals surface area (Å²) >= 11 is 1.38. The van der Waals surface area contributed by atoms with E-state index in [4.69, 9.17) is 4.52 Å². The fourth-order valence-corrected chi connectivity index (χ4v) is 5.15. The highest BCUT2D eigenvalue weighted by atomic mass is 32.2. The summed E-state index contributed by atoms with van der Waals surface area (Å²) in [5, 5.41) is 16.0. The number of carbonyl (C=O) groups excluding carboxylic acids is 1. The molecular weight excluding hydrogens is 448 g/mol. The van der Waals surface area contributed by atoms with Crippen LogP contribution in [0.25, 0.3) is 5.69 Å². The van der Waals surface area contributed by atoms with Gasteiger partial charge in [0, 0.05) is 11.8 Å². The highest BCUT2D eigenvalue weighted by Crippen LogP contribution is 2.37. The van der Waals surface area contributed by atoms with Crippen LogP contribution in [0.2, 0.25) is 0 Å². The van der Waals surface area contributed by atoms with E-state index in [2.05, 4.69) is 30.1 Å². The van der Waals surface area contributed by atoms with Gasteiger partial charge < -0.3 is 9.84 Å². The van der Waals surface area contributed by atoms with Crippen LogP contribution >= 0.6 is 11.8 Å². The molecule has 0 bridgehead atoms. The van der Waals surface area contributed by atoms with Crippen molar-refractivity contribution in [2.45, 2.75) is 36.7 Å². The maximum absolute atomic E-state index is 13.4. The maximum Gasteiger partial charge on any atom is 0.243 e. The second-order valence-electron chi connectivity index (χ2n) is 8.27. The number of nitrogens with zero attached hydrogens (tertiary/aromatic N) is 5. The predicted octanol–water partition coefficient (Wildman–Crippen LogP) is 4.63. The molecule has 9 heteroatoms. The Morgan fingerprint density at radius 3 is 2.44 bits per heavy atom. The molecule has 0 aliphatic carbocycles. The van der Waals surface area contributed by atoms with E-state index in [9.17, 15) is 4.79 Å². The van der Waals surface area contributed by atoms with Crippen molar-refractivity contribution in [1.82, 2.24) is 24.8 Å². The lowest BCUT2D eigenvalue weighted by Gasteiger charge is -2.18. The van der Waals surface area contributed by atoms with Crippen LogP contribution in [0.4, 0.5) is 5.82 Å². The Morgan fingerprint density at radius 1 is 1.06 bits per heavy atom. The molecule has 4 aromatic rings. The van der Waals surface area contributed by atoms with Gasteiger partial charge in [-0.3, -0.25) is 14.3 Å². The van der Waals surface area contributed by atoms with Crippen LogP contribution in [0.15, 0.2) is 76.4 Å². The number of anilines is 1. The number of nitrogens with one attached hydrogen (secondary N) is 1. The lowest BCUT2D eigenvalue weighted by molar-refractivity contribution is -0.115. The summed E-state index contributed by atoms with van der Waals surface area (Å²) in [4.78, 5) is 15.8. The lowest BCUT2D eigenvalue weighted by Crippen LogP contribution is -2.21. The standard InChI is InChI=1S/C25H26N6O2S/c1-18-16-21(29-33-18)26-24(32)23(19-10-4-2-5-11-19)34-25-28-27-22(17-30-14-8-9-15-30)31(25)20-12-6-3-7-13-20/h2-7,10-13,16,23H,8-9,14-15,17H2,1H3,(H,26,29,32). The molecule has 3 heterocycles. The van der Waals surface area contributed by atoms with Crippen LogP contribution in [0.5, 0.6) is 0 Å². The highest BCUT2D eigenvalue weighted by molar-refractivity contribution is 8.00. The van der Waals surface area contributed by atoms with Crippen LogP contribution in [0.1, 0.15) is 35.2 Å². The molecule has 1 aliphatic rings. The summed E-state index contributed by atoms with van der Waals surface area (Å²) in [5.41, 5.74) is 1.84. The van der Waals surface area contributed by atoms with Gasteiger partial charge in [-0.1, -0.05) is 65.4 Å². The predicted molar refractivity (Wildman–Crippen MR) is 131 cm³/mol. The average Bonchev–Trinajstić information content (AvgIpc) is 3.61. The molecule has 8 nitrogen and oxygen atoms in total. The normalized spacial score (nSPS) is 14.9. The van der Waals surface area contributed by atoms with Crippen molar-refractivity contribution in [2.75, 3.05) is 18.4 Å². The Balaban J connectivity index is 1.48. The molecule has 0 radical (unpaired) electrons. The summed E-state index contributed by atoms with van der Waals surface area (Å²) in [6.45, 7) is 4.64. The van der Waals surface area contributed by atoms with Gasteiger partial charge in [-0.05, 0) is 50.6 Å². The van der Waals surface area contributed by atoms with Crippen molar-refractivity contribution >= 4 is 23.5 Å². The van der Waals surface area contributed by atoms with E-state index >= 15 is 0 Å². The van der Waals surface area contributed by atoms with Crippen LogP contribution in [-0.4, -0.2) is 43.8 Å². The molecule has 1 aliphatic heterocycles. The highest BCUT2D eigenvalue weighted by Gasteiger charge is 2.27. The van der Waals surface area contributed by atoms with E-state index in [-0.39, 0.29) is 5.91 Å². The van der Waals surface area contributed by atoms with E-state index in [1.54, 1.807) is 13.0 Å². The molecule has 1 unspecified atom stereocenters. The SMILES string of the molecule is Cc1cc(NC(=O)C(Sc2nnc(CN3CCCC3)n2-c2ccccc2)c2ccccc2)no1. The van der Waals surface area contributed by atoms with Crippen molar-refractivity contribution in [3.05, 3.63) is 83.9 Å². The third kappa shape index (κ3) is 5.05. The first-order chi connectivity index (χ1) is 16.7. The molecule has 1 amide bonds. The summed E-state index contributed by atoms with van der Waals surface area (Å²) in [6.07, 6.45) is 2.41. The number of carbonyl (C=O) groups is 1. The molecule has 174 valence electrons. The zero-order valence-electron chi connectivity index (χ0n) is 18.9. The fourth-order valence-electron chi connectivity index (χ4n) is 4.08. The van der Waals surface area contributed by atoms with Gasteiger partial charge in [0.25, 0.3) is 0 Å². The monoisotopic (exact) mass is 474 g/mol. The first-order valence-corrected chi connectivity index (χ1v) is 12.2. The van der Waals surface area contributed by atoms with E-state index in [1.165, 1.54) is 24.6 Å². The molecule has 1 N–H and O–H groups in total. The molecule has 5 rings (SSSR count). The van der Waals surface area contributed by atoms with Crippen molar-refractivity contribution in [2.24, 2.45) is 0 Å². The number of aromatic nitrogens is 4. The molecule has 1 saturated heterocycles. The Morgan fingerprint density at radius 2 is 1.76 bits per heavy atom. The minimum Gasteiger partial charge on any atom is -0.360 e. The number of hydrogen-bond donors (Lipinski definition) is 1. The first-order valence-electron chi connectivity index (χ1n) is 11.4. The second kappa shape index (κ2) is 10.2. The number of rotatable bonds is 8. The van der Waals surface area contributed by atoms with Crippen LogP contribution < -0.4 is 5.32 Å². The quantitative estimate of drug-likeness (QED) is 0.372. The fraction of sp³-hybridized carbons (Fsp3) is 0.280. The minimum absolute atomic E-state index is 0.201. The molecule has 1 fully saturated rings. The van der Waals surface area contributed by atoms with Crippen molar-refractivity contribution in [3.63, 3.8) is 0 Å². The number of aryl methyl sites for hydroxylation is 1. The zero-order valence-corrected chi connectivity index (χ0v) is 19.7. The number of thioether (sulfide) groups is 1. The number of amides is 1. The number of para-hydroxylation sites is 1. The van der Waals surface area contributed by atoms with E-state index in [1.807, 2.05) is 60.7 Å². The molecule has 2 aromatic heterocycles. The smallest absolute Gasteiger partial charge is 0.243 e. The van der Waals surface area contributed by atoms with Gasteiger partial charge in [-0.25, -0.2) is 0 Å². The van der Waals surface area contributed by atoms with Crippen molar-refractivity contribution < 1.29 is 9.32 Å². The Hall–Kier alpha value is -3.43. The maximum atomic E-state index is 13.4. The van der Waals surface area contributed by atoms with Gasteiger partial charge >= 0.3 is 0 Å². The van der Waals surface area contributed by atoms with Crippen LogP contribution in [0, 0.1) is 6.92 Å². The largest absolute Gasteiger partial charge is 0.360 e. The minimum atomic E-state index is -0.551. The molecule has 34 heavy (non-hydrogen) atoms. The third-order valence-corrected chi connectivity index (χ3v) is 6.92. The van der Waals surface area contributed by atoms with Crippen molar-refractivity contribution in [1.29, 1.82) is 0 Å². The zero-order chi connectivity index (χ0) is 23.3. The summed E-state index contributed by atoms with van der Waals surface area (Å²) in [5.74, 6) is 1.70. The van der Waals surface area contributed by atoms with E-state index in [0.29, 0.717) is 16.7 Å². The van der Waals surface area contributed by atoms with Gasteiger partial charge in [0.05, 0.1) is 6.54 Å². The van der Waals surface area contributed by atoms with Gasteiger partial charge in [0.1, 0.15) is 11.0 Å². The lowest BCUT2D eigenvalue weighted by atomic mass is 10.1. The molecule has 0 saturated carbocycles. The Kier molecular flexibility index (Phi) is 6.73. The summed E-state index contributed by atoms with van der Waals surface area (Å²) in [6, 6.07) is 21.4. The Bertz CT molecular complexity index is 1230. The topological polar surface area (TPSA) is 89.1 Å². The second-order valence-corrected chi connectivity index (χ2v) is 9.35. The molecular formula is C25H26N6O2S. The molecule has 1 atom stereocenters. The van der Waals surface area contributed by atoms with Gasteiger partial charge in [0.2, 0.25) is 5.91 Å².